The summed E-state index contributed by atoms with van der Waals surface area (Å²) < 4.78 is 5.81. The van der Waals surface area contributed by atoms with Crippen molar-refractivity contribution in [3.8, 4) is 11.5 Å². The minimum atomic E-state index is -0.981. The van der Waals surface area contributed by atoms with Crippen molar-refractivity contribution in [2.24, 2.45) is 11.3 Å². The van der Waals surface area contributed by atoms with Crippen LogP contribution < -0.4 is 4.74 Å². The molecule has 1 aromatic rings. The molecule has 1 heterocycles. The molecule has 1 aliphatic heterocycles. The number of hydrogen-bond donors (Lipinski definition) is 2. The van der Waals surface area contributed by atoms with Crippen LogP contribution in [0.3, 0.4) is 0 Å². The number of aliphatic hydroxyl groups excluding tert-OH is 1. The molecule has 1 aliphatic carbocycles. The van der Waals surface area contributed by atoms with E-state index in [4.69, 9.17) is 4.74 Å². The van der Waals surface area contributed by atoms with Crippen LogP contribution in [-0.4, -0.2) is 22.8 Å². The molecule has 2 aliphatic rings. The van der Waals surface area contributed by atoms with Gasteiger partial charge >= 0.3 is 0 Å². The third-order valence-corrected chi connectivity index (χ3v) is 6.20. The first-order valence-corrected chi connectivity index (χ1v) is 8.83. The third kappa shape index (κ3) is 2.26. The summed E-state index contributed by atoms with van der Waals surface area (Å²) in [6.45, 7) is 10.3. The predicted molar refractivity (Wildman–Crippen MR) is 92.7 cm³/mol. The zero-order valence-corrected chi connectivity index (χ0v) is 15.2. The lowest BCUT2D eigenvalue weighted by atomic mass is 9.52. The second kappa shape index (κ2) is 5.48. The molecule has 0 spiro atoms. The summed E-state index contributed by atoms with van der Waals surface area (Å²) in [5, 5.41) is 21.5. The first kappa shape index (κ1) is 17.3. The minimum Gasteiger partial charge on any atom is -0.504 e. The van der Waals surface area contributed by atoms with Crippen molar-refractivity contribution in [2.45, 2.75) is 71.5 Å². The van der Waals surface area contributed by atoms with Crippen molar-refractivity contribution < 1.29 is 19.7 Å². The lowest BCUT2D eigenvalue weighted by molar-refractivity contribution is -0.156. The summed E-state index contributed by atoms with van der Waals surface area (Å²) in [6.07, 6.45) is 2.78. The fraction of sp³-hybridized carbons (Fsp3) is 0.650. The number of aromatic hydroxyl groups is 1. The normalized spacial score (nSPS) is 31.1. The summed E-state index contributed by atoms with van der Waals surface area (Å²) in [4.78, 5) is 11.8. The standard InChI is InChI=1S/C20H28O4/c1-11(2)13-9-12(10-21)14-16(15(13)22)24-18(23)17-19(3,4)7-6-8-20(14,17)5/h9-11,17-18,22-23H,6-8H2,1-5H3. The Labute approximate surface area is 143 Å². The Morgan fingerprint density at radius 2 is 1.96 bits per heavy atom. The van der Waals surface area contributed by atoms with Crippen molar-refractivity contribution in [1.82, 2.24) is 0 Å². The van der Waals surface area contributed by atoms with Crippen LogP contribution in [0, 0.1) is 11.3 Å². The van der Waals surface area contributed by atoms with Gasteiger partial charge in [0.15, 0.2) is 17.8 Å². The van der Waals surface area contributed by atoms with Gasteiger partial charge < -0.3 is 14.9 Å². The Morgan fingerprint density at radius 3 is 2.54 bits per heavy atom. The number of hydrogen-bond acceptors (Lipinski definition) is 4. The van der Waals surface area contributed by atoms with E-state index < -0.39 is 11.7 Å². The Bertz CT molecular complexity index is 677. The summed E-state index contributed by atoms with van der Waals surface area (Å²) in [6, 6.07) is 1.79. The first-order chi connectivity index (χ1) is 11.1. The highest BCUT2D eigenvalue weighted by Gasteiger charge is 2.56. The number of phenols is 1. The molecule has 3 unspecified atom stereocenters. The third-order valence-electron chi connectivity index (χ3n) is 6.20. The van der Waals surface area contributed by atoms with E-state index in [1.165, 1.54) is 0 Å². The molecule has 132 valence electrons. The molecular weight excluding hydrogens is 304 g/mol. The molecule has 0 aromatic heterocycles. The number of fused-ring (bicyclic) bond motifs is 3. The SMILES string of the molecule is CC(C)c1cc(C=O)c2c(c1O)OC(O)C1C(C)(C)CCCC21C. The summed E-state index contributed by atoms with van der Waals surface area (Å²) in [7, 11) is 0. The highest BCUT2D eigenvalue weighted by Crippen LogP contribution is 2.60. The van der Waals surface area contributed by atoms with E-state index in [0.29, 0.717) is 16.9 Å². The molecular formula is C20H28O4. The van der Waals surface area contributed by atoms with Gasteiger partial charge in [0.05, 0.1) is 0 Å². The van der Waals surface area contributed by atoms with Gasteiger partial charge in [0.2, 0.25) is 6.29 Å². The molecule has 24 heavy (non-hydrogen) atoms. The lowest BCUT2D eigenvalue weighted by Crippen LogP contribution is -2.55. The summed E-state index contributed by atoms with van der Waals surface area (Å²) in [5.41, 5.74) is 1.53. The number of phenolic OH excluding ortho intramolecular Hbond substituents is 1. The Kier molecular flexibility index (Phi) is 3.95. The van der Waals surface area contributed by atoms with Crippen LogP contribution in [0.4, 0.5) is 0 Å². The minimum absolute atomic E-state index is 0.0584. The number of carbonyl (C=O) groups is 1. The summed E-state index contributed by atoms with van der Waals surface area (Å²) in [5.74, 6) is 0.303. The average molecular weight is 332 g/mol. The summed E-state index contributed by atoms with van der Waals surface area (Å²) >= 11 is 0. The molecule has 0 saturated heterocycles. The topological polar surface area (TPSA) is 66.8 Å². The van der Waals surface area contributed by atoms with Crippen LogP contribution in [0.25, 0.3) is 0 Å². The van der Waals surface area contributed by atoms with Crippen molar-refractivity contribution in [3.05, 3.63) is 22.8 Å². The van der Waals surface area contributed by atoms with Gasteiger partial charge in [0.1, 0.15) is 0 Å². The molecule has 1 saturated carbocycles. The van der Waals surface area contributed by atoms with Crippen LogP contribution >= 0.6 is 0 Å². The molecule has 0 amide bonds. The monoisotopic (exact) mass is 332 g/mol. The van der Waals surface area contributed by atoms with Crippen molar-refractivity contribution in [1.29, 1.82) is 0 Å². The maximum atomic E-state index is 11.8. The Morgan fingerprint density at radius 1 is 1.29 bits per heavy atom. The zero-order chi connectivity index (χ0) is 17.9. The van der Waals surface area contributed by atoms with E-state index in [2.05, 4.69) is 20.8 Å². The maximum Gasteiger partial charge on any atom is 0.201 e. The quantitative estimate of drug-likeness (QED) is 0.799. The van der Waals surface area contributed by atoms with Crippen molar-refractivity contribution >= 4 is 6.29 Å². The highest BCUT2D eigenvalue weighted by molar-refractivity contribution is 5.82. The van der Waals surface area contributed by atoms with Crippen molar-refractivity contribution in [3.63, 3.8) is 0 Å². The van der Waals surface area contributed by atoms with Gasteiger partial charge in [0, 0.05) is 28.0 Å². The number of ether oxygens (including phenoxy) is 1. The predicted octanol–water partition coefficient (Wildman–Crippen LogP) is 4.12. The highest BCUT2D eigenvalue weighted by atomic mass is 16.6. The molecule has 3 rings (SSSR count). The van der Waals surface area contributed by atoms with Gasteiger partial charge in [-0.05, 0) is 30.2 Å². The molecule has 4 nitrogen and oxygen atoms in total. The van der Waals surface area contributed by atoms with Gasteiger partial charge in [-0.15, -0.1) is 0 Å². The molecule has 0 bridgehead atoms. The van der Waals surface area contributed by atoms with Crippen LogP contribution in [0.5, 0.6) is 11.5 Å². The number of benzene rings is 1. The Hall–Kier alpha value is -1.55. The van der Waals surface area contributed by atoms with Gasteiger partial charge in [-0.1, -0.05) is 41.0 Å². The van der Waals surface area contributed by atoms with E-state index in [1.807, 2.05) is 13.8 Å². The second-order valence-electron chi connectivity index (χ2n) is 8.63. The van der Waals surface area contributed by atoms with Crippen LogP contribution in [-0.2, 0) is 5.41 Å². The van der Waals surface area contributed by atoms with Crippen LogP contribution in [0.1, 0.15) is 81.3 Å². The van der Waals surface area contributed by atoms with Gasteiger partial charge in [-0.3, -0.25) is 4.79 Å². The number of aliphatic hydroxyl groups is 1. The smallest absolute Gasteiger partial charge is 0.201 e. The van der Waals surface area contributed by atoms with E-state index in [1.54, 1.807) is 6.07 Å². The van der Waals surface area contributed by atoms with Crippen molar-refractivity contribution in [2.75, 3.05) is 0 Å². The maximum absolute atomic E-state index is 11.8. The molecule has 4 heteroatoms. The van der Waals surface area contributed by atoms with Crippen LogP contribution in [0.2, 0.25) is 0 Å². The molecule has 0 radical (unpaired) electrons. The van der Waals surface area contributed by atoms with E-state index in [-0.39, 0.29) is 23.0 Å². The van der Waals surface area contributed by atoms with Gasteiger partial charge in [-0.2, -0.15) is 0 Å². The van der Waals surface area contributed by atoms with E-state index >= 15 is 0 Å². The van der Waals surface area contributed by atoms with Gasteiger partial charge in [-0.25, -0.2) is 0 Å². The van der Waals surface area contributed by atoms with Gasteiger partial charge in [0.25, 0.3) is 0 Å². The molecule has 2 N–H and O–H groups in total. The molecule has 3 atom stereocenters. The van der Waals surface area contributed by atoms with E-state index in [0.717, 1.165) is 31.1 Å². The zero-order valence-electron chi connectivity index (χ0n) is 15.2. The number of carbonyl (C=O) groups excluding carboxylic acids is 1. The van der Waals surface area contributed by atoms with Crippen LogP contribution in [0.15, 0.2) is 6.07 Å². The Balaban J connectivity index is 2.31. The number of rotatable bonds is 2. The number of aldehydes is 1. The molecule has 1 fully saturated rings. The first-order valence-electron chi connectivity index (χ1n) is 8.83. The fourth-order valence-corrected chi connectivity index (χ4v) is 5.18. The molecule has 1 aromatic carbocycles. The second-order valence-corrected chi connectivity index (χ2v) is 8.63. The lowest BCUT2D eigenvalue weighted by Gasteiger charge is -2.55. The average Bonchev–Trinajstić information content (AvgIpc) is 2.46. The fourth-order valence-electron chi connectivity index (χ4n) is 5.18. The van der Waals surface area contributed by atoms with E-state index in [9.17, 15) is 15.0 Å². The largest absolute Gasteiger partial charge is 0.504 e.